The molecule has 1 unspecified atom stereocenters. The van der Waals surface area contributed by atoms with E-state index in [1.54, 1.807) is 0 Å². The van der Waals surface area contributed by atoms with E-state index >= 15 is 0 Å². The van der Waals surface area contributed by atoms with Gasteiger partial charge in [-0.1, -0.05) is 39.1 Å². The molecule has 1 aromatic rings. The van der Waals surface area contributed by atoms with Crippen molar-refractivity contribution in [3.8, 4) is 0 Å². The zero-order valence-electron chi connectivity index (χ0n) is 7.85. The number of fused-ring (bicyclic) bond motifs is 1. The van der Waals surface area contributed by atoms with Gasteiger partial charge in [0, 0.05) is 12.0 Å². The highest BCUT2D eigenvalue weighted by molar-refractivity contribution is 9.09. The SMILES string of the molecule is O=C(CBr)NC1CC(=O)c2c(Cl)sc(Cl)c21. The van der Waals surface area contributed by atoms with Gasteiger partial charge in [0.25, 0.3) is 0 Å². The second-order valence-corrected chi connectivity index (χ2v) is 6.10. The Kier molecular flexibility index (Phi) is 3.59. The summed E-state index contributed by atoms with van der Waals surface area (Å²) in [6.45, 7) is 0. The molecular weight excluding hydrogens is 337 g/mol. The summed E-state index contributed by atoms with van der Waals surface area (Å²) in [6, 6.07) is -0.344. The highest BCUT2D eigenvalue weighted by atomic mass is 79.9. The lowest BCUT2D eigenvalue weighted by Crippen LogP contribution is -2.28. The first-order valence-electron chi connectivity index (χ1n) is 4.40. The molecule has 0 aromatic carbocycles. The first-order chi connectivity index (χ1) is 7.54. The molecule has 3 nitrogen and oxygen atoms in total. The number of hydrogen-bond donors (Lipinski definition) is 1. The van der Waals surface area contributed by atoms with E-state index in [0.29, 0.717) is 19.8 Å². The molecule has 0 fully saturated rings. The number of thiophene rings is 1. The van der Waals surface area contributed by atoms with Crippen LogP contribution >= 0.6 is 50.5 Å². The average molecular weight is 343 g/mol. The number of carbonyl (C=O) groups excluding carboxylic acids is 2. The van der Waals surface area contributed by atoms with Crippen molar-refractivity contribution in [2.24, 2.45) is 0 Å². The summed E-state index contributed by atoms with van der Waals surface area (Å²) >= 11 is 16.1. The monoisotopic (exact) mass is 341 g/mol. The van der Waals surface area contributed by atoms with E-state index in [-0.39, 0.29) is 29.5 Å². The van der Waals surface area contributed by atoms with E-state index in [2.05, 4.69) is 21.2 Å². The predicted molar refractivity (Wildman–Crippen MR) is 68.0 cm³/mol. The second-order valence-electron chi connectivity index (χ2n) is 3.32. The van der Waals surface area contributed by atoms with E-state index in [9.17, 15) is 9.59 Å². The fourth-order valence-corrected chi connectivity index (χ4v) is 3.72. The molecule has 0 spiro atoms. The predicted octanol–water partition coefficient (Wildman–Crippen LogP) is 3.19. The van der Waals surface area contributed by atoms with Crippen molar-refractivity contribution in [1.29, 1.82) is 0 Å². The molecule has 1 aromatic heterocycles. The molecule has 0 bridgehead atoms. The van der Waals surface area contributed by atoms with Gasteiger partial charge >= 0.3 is 0 Å². The molecule has 16 heavy (non-hydrogen) atoms. The molecule has 0 aliphatic heterocycles. The van der Waals surface area contributed by atoms with Crippen molar-refractivity contribution < 1.29 is 9.59 Å². The lowest BCUT2D eigenvalue weighted by Gasteiger charge is -2.11. The van der Waals surface area contributed by atoms with Crippen molar-refractivity contribution in [2.75, 3.05) is 5.33 Å². The summed E-state index contributed by atoms with van der Waals surface area (Å²) in [5, 5.41) is 2.92. The van der Waals surface area contributed by atoms with Crippen LogP contribution in [0.1, 0.15) is 28.4 Å². The minimum atomic E-state index is -0.344. The van der Waals surface area contributed by atoms with E-state index in [0.717, 1.165) is 11.3 Å². The molecule has 1 N–H and O–H groups in total. The third-order valence-electron chi connectivity index (χ3n) is 2.33. The Morgan fingerprint density at radius 2 is 2.19 bits per heavy atom. The third-order valence-corrected chi connectivity index (χ3v) is 4.48. The van der Waals surface area contributed by atoms with Crippen molar-refractivity contribution in [3.05, 3.63) is 19.8 Å². The smallest absolute Gasteiger partial charge is 0.231 e. The standard InChI is InChI=1S/C9H6BrCl2NO2S/c10-2-5(15)13-3-1-4(14)7-6(3)8(11)16-9(7)12/h3H,1-2H2,(H,13,15). The fraction of sp³-hybridized carbons (Fsp3) is 0.333. The zero-order chi connectivity index (χ0) is 11.9. The average Bonchev–Trinajstić information content (AvgIpc) is 2.69. The summed E-state index contributed by atoms with van der Waals surface area (Å²) in [5.74, 6) is -0.243. The van der Waals surface area contributed by atoms with Gasteiger partial charge in [-0.15, -0.1) is 11.3 Å². The molecule has 0 saturated heterocycles. The quantitative estimate of drug-likeness (QED) is 0.839. The van der Waals surface area contributed by atoms with Crippen molar-refractivity contribution in [2.45, 2.75) is 12.5 Å². The number of hydrogen-bond acceptors (Lipinski definition) is 3. The minimum Gasteiger partial charge on any atom is -0.348 e. The van der Waals surface area contributed by atoms with Gasteiger partial charge in [0.1, 0.15) is 8.67 Å². The Labute approximate surface area is 114 Å². The van der Waals surface area contributed by atoms with E-state index in [1.165, 1.54) is 0 Å². The first kappa shape index (κ1) is 12.4. The van der Waals surface area contributed by atoms with Gasteiger partial charge in [0.05, 0.1) is 16.9 Å². The molecule has 86 valence electrons. The molecule has 7 heteroatoms. The van der Waals surface area contributed by atoms with Crippen molar-refractivity contribution in [1.82, 2.24) is 5.32 Å². The van der Waals surface area contributed by atoms with Crippen molar-refractivity contribution in [3.63, 3.8) is 0 Å². The first-order valence-corrected chi connectivity index (χ1v) is 7.10. The molecular formula is C9H6BrCl2NO2S. The van der Waals surface area contributed by atoms with Crippen LogP contribution in [0.5, 0.6) is 0 Å². The van der Waals surface area contributed by atoms with Crippen LogP contribution in [-0.2, 0) is 4.79 Å². The van der Waals surface area contributed by atoms with Crippen LogP contribution in [0.4, 0.5) is 0 Å². The van der Waals surface area contributed by atoms with Crippen molar-refractivity contribution >= 4 is 62.2 Å². The van der Waals surface area contributed by atoms with Crippen LogP contribution < -0.4 is 5.32 Å². The topological polar surface area (TPSA) is 46.2 Å². The number of amides is 1. The van der Waals surface area contributed by atoms with E-state index in [1.807, 2.05) is 0 Å². The van der Waals surface area contributed by atoms with Gasteiger partial charge in [-0.2, -0.15) is 0 Å². The van der Waals surface area contributed by atoms with Crippen LogP contribution in [0.3, 0.4) is 0 Å². The summed E-state index contributed by atoms with van der Waals surface area (Å²) in [6.07, 6.45) is 0.233. The second kappa shape index (κ2) is 4.64. The zero-order valence-corrected chi connectivity index (χ0v) is 11.8. The highest BCUT2D eigenvalue weighted by Crippen LogP contribution is 2.46. The van der Waals surface area contributed by atoms with Gasteiger partial charge in [-0.25, -0.2) is 0 Å². The Morgan fingerprint density at radius 1 is 1.50 bits per heavy atom. The molecule has 1 atom stereocenters. The maximum Gasteiger partial charge on any atom is 0.231 e. The number of rotatable bonds is 2. The van der Waals surface area contributed by atoms with Gasteiger partial charge in [0.15, 0.2) is 5.78 Å². The normalized spacial score (nSPS) is 18.7. The van der Waals surface area contributed by atoms with Gasteiger partial charge in [0.2, 0.25) is 5.91 Å². The highest BCUT2D eigenvalue weighted by Gasteiger charge is 2.36. The fourth-order valence-electron chi connectivity index (χ4n) is 1.71. The molecule has 1 heterocycles. The Balaban J connectivity index is 2.35. The van der Waals surface area contributed by atoms with Gasteiger partial charge < -0.3 is 5.32 Å². The number of Topliss-reactive ketones (excluding diaryl/α,β-unsaturated/α-hetero) is 1. The van der Waals surface area contributed by atoms with Gasteiger partial charge in [-0.05, 0) is 0 Å². The number of halogens is 3. The van der Waals surface area contributed by atoms with E-state index in [4.69, 9.17) is 23.2 Å². The summed E-state index contributed by atoms with van der Waals surface area (Å²) in [4.78, 5) is 22.9. The molecule has 1 aliphatic carbocycles. The summed E-state index contributed by atoms with van der Waals surface area (Å²) < 4.78 is 0.881. The molecule has 1 amide bonds. The molecule has 2 rings (SSSR count). The van der Waals surface area contributed by atoms with E-state index < -0.39 is 0 Å². The summed E-state index contributed by atoms with van der Waals surface area (Å²) in [7, 11) is 0. The van der Waals surface area contributed by atoms with Crippen LogP contribution in [0.2, 0.25) is 8.67 Å². The summed E-state index contributed by atoms with van der Waals surface area (Å²) in [5.41, 5.74) is 1.13. The maximum absolute atomic E-state index is 11.7. The van der Waals surface area contributed by atoms with Crippen LogP contribution in [0, 0.1) is 0 Å². The maximum atomic E-state index is 11.7. The number of alkyl halides is 1. The lowest BCUT2D eigenvalue weighted by atomic mass is 10.2. The Bertz CT molecular complexity index is 474. The largest absolute Gasteiger partial charge is 0.348 e. The third kappa shape index (κ3) is 2.01. The number of nitrogens with one attached hydrogen (secondary N) is 1. The van der Waals surface area contributed by atoms with Crippen LogP contribution in [0.15, 0.2) is 0 Å². The number of carbonyl (C=O) groups is 2. The molecule has 0 radical (unpaired) electrons. The minimum absolute atomic E-state index is 0.0666. The molecule has 1 aliphatic rings. The van der Waals surface area contributed by atoms with Crippen LogP contribution in [-0.4, -0.2) is 17.0 Å². The number of ketones is 1. The Hall–Kier alpha value is -0.100. The van der Waals surface area contributed by atoms with Crippen LogP contribution in [0.25, 0.3) is 0 Å². The molecule has 0 saturated carbocycles. The Morgan fingerprint density at radius 3 is 2.81 bits per heavy atom. The lowest BCUT2D eigenvalue weighted by molar-refractivity contribution is -0.119. The van der Waals surface area contributed by atoms with Gasteiger partial charge in [-0.3, -0.25) is 9.59 Å².